The standard InChI is InChI=1S/C13H21N3OS/c1-13(2,12(14)16-17)7-3-4-10-18-11-5-8-15-9-6-11/h5-6,8-9,17H,3-4,7,10H2,1-2H3,(H2,14,16). The fraction of sp³-hybridized carbons (Fsp3) is 0.538. The molecule has 0 atom stereocenters. The van der Waals surface area contributed by atoms with Crippen molar-refractivity contribution >= 4 is 17.6 Å². The van der Waals surface area contributed by atoms with E-state index in [9.17, 15) is 0 Å². The van der Waals surface area contributed by atoms with Crippen LogP contribution in [-0.2, 0) is 0 Å². The Kier molecular flexibility index (Phi) is 5.98. The molecule has 3 N–H and O–H groups in total. The third kappa shape index (κ3) is 4.96. The van der Waals surface area contributed by atoms with E-state index in [1.807, 2.05) is 50.1 Å². The molecule has 0 fully saturated rings. The van der Waals surface area contributed by atoms with Gasteiger partial charge in [-0.1, -0.05) is 25.4 Å². The van der Waals surface area contributed by atoms with Crippen molar-refractivity contribution in [3.63, 3.8) is 0 Å². The van der Waals surface area contributed by atoms with Crippen LogP contribution in [0.4, 0.5) is 0 Å². The Morgan fingerprint density at radius 1 is 1.39 bits per heavy atom. The van der Waals surface area contributed by atoms with Gasteiger partial charge in [0.2, 0.25) is 0 Å². The molecule has 0 unspecified atom stereocenters. The first-order chi connectivity index (χ1) is 8.56. The van der Waals surface area contributed by atoms with Crippen LogP contribution < -0.4 is 5.73 Å². The summed E-state index contributed by atoms with van der Waals surface area (Å²) in [5.74, 6) is 1.39. The molecule has 0 aromatic carbocycles. The van der Waals surface area contributed by atoms with E-state index in [0.717, 1.165) is 25.0 Å². The van der Waals surface area contributed by atoms with Crippen molar-refractivity contribution in [3.05, 3.63) is 24.5 Å². The molecule has 1 rings (SSSR count). The molecule has 0 radical (unpaired) electrons. The Morgan fingerprint density at radius 2 is 2.06 bits per heavy atom. The molecule has 1 aromatic heterocycles. The molecule has 4 nitrogen and oxygen atoms in total. The SMILES string of the molecule is CC(C)(CCCCSc1ccncc1)/C(N)=N/O. The smallest absolute Gasteiger partial charge is 0.144 e. The summed E-state index contributed by atoms with van der Waals surface area (Å²) in [6, 6.07) is 4.04. The Balaban J connectivity index is 2.20. The zero-order valence-corrected chi connectivity index (χ0v) is 11.8. The van der Waals surface area contributed by atoms with Crippen molar-refractivity contribution < 1.29 is 5.21 Å². The van der Waals surface area contributed by atoms with Crippen molar-refractivity contribution in [2.24, 2.45) is 16.3 Å². The van der Waals surface area contributed by atoms with Gasteiger partial charge in [-0.05, 0) is 30.7 Å². The van der Waals surface area contributed by atoms with E-state index in [4.69, 9.17) is 10.9 Å². The van der Waals surface area contributed by atoms with E-state index in [0.29, 0.717) is 5.84 Å². The number of hydrogen-bond acceptors (Lipinski definition) is 4. The van der Waals surface area contributed by atoms with Crippen LogP contribution in [-0.4, -0.2) is 21.8 Å². The molecule has 0 saturated heterocycles. The average Bonchev–Trinajstić information content (AvgIpc) is 2.38. The number of unbranched alkanes of at least 4 members (excludes halogenated alkanes) is 1. The summed E-state index contributed by atoms with van der Waals surface area (Å²) in [5, 5.41) is 11.8. The van der Waals surface area contributed by atoms with Gasteiger partial charge in [0, 0.05) is 22.7 Å². The van der Waals surface area contributed by atoms with Crippen LogP contribution in [0, 0.1) is 5.41 Å². The molecule has 0 aliphatic heterocycles. The predicted octanol–water partition coefficient (Wildman–Crippen LogP) is 3.12. The topological polar surface area (TPSA) is 71.5 Å². The van der Waals surface area contributed by atoms with Crippen LogP contribution in [0.15, 0.2) is 34.6 Å². The fourth-order valence-corrected chi connectivity index (χ4v) is 2.46. The Labute approximate surface area is 113 Å². The molecule has 0 spiro atoms. The minimum Gasteiger partial charge on any atom is -0.409 e. The molecule has 1 heterocycles. The van der Waals surface area contributed by atoms with Gasteiger partial charge in [-0.2, -0.15) is 0 Å². The summed E-state index contributed by atoms with van der Waals surface area (Å²) in [6.07, 6.45) is 6.74. The molecule has 0 saturated carbocycles. The number of rotatable bonds is 7. The lowest BCUT2D eigenvalue weighted by Crippen LogP contribution is -2.31. The average molecular weight is 267 g/mol. The normalized spacial score (nSPS) is 12.7. The molecular weight excluding hydrogens is 246 g/mol. The van der Waals surface area contributed by atoms with Crippen molar-refractivity contribution in [1.82, 2.24) is 4.98 Å². The molecule has 1 aromatic rings. The number of oxime groups is 1. The number of nitrogens with zero attached hydrogens (tertiary/aromatic N) is 2. The van der Waals surface area contributed by atoms with Crippen LogP contribution in [0.1, 0.15) is 33.1 Å². The monoisotopic (exact) mass is 267 g/mol. The Bertz CT molecular complexity index is 379. The number of pyridine rings is 1. The number of thioether (sulfide) groups is 1. The summed E-state index contributed by atoms with van der Waals surface area (Å²) in [4.78, 5) is 5.24. The minimum atomic E-state index is -0.226. The zero-order valence-electron chi connectivity index (χ0n) is 11.0. The zero-order chi connectivity index (χ0) is 13.4. The number of nitrogens with two attached hydrogens (primary N) is 1. The number of hydrogen-bond donors (Lipinski definition) is 2. The van der Waals surface area contributed by atoms with E-state index < -0.39 is 0 Å². The Hall–Kier alpha value is -1.23. The molecular formula is C13H21N3OS. The largest absolute Gasteiger partial charge is 0.409 e. The van der Waals surface area contributed by atoms with Crippen LogP contribution in [0.25, 0.3) is 0 Å². The first kappa shape index (κ1) is 14.8. The molecule has 5 heteroatoms. The van der Waals surface area contributed by atoms with Gasteiger partial charge in [0.15, 0.2) is 0 Å². The summed E-state index contributed by atoms with van der Waals surface area (Å²) < 4.78 is 0. The molecule has 0 amide bonds. The highest BCUT2D eigenvalue weighted by atomic mass is 32.2. The van der Waals surface area contributed by atoms with Gasteiger partial charge in [0.25, 0.3) is 0 Å². The van der Waals surface area contributed by atoms with Gasteiger partial charge in [-0.25, -0.2) is 0 Å². The third-order valence-corrected chi connectivity index (χ3v) is 4.01. The minimum absolute atomic E-state index is 0.226. The summed E-state index contributed by atoms with van der Waals surface area (Å²) in [7, 11) is 0. The van der Waals surface area contributed by atoms with Crippen LogP contribution >= 0.6 is 11.8 Å². The first-order valence-electron chi connectivity index (χ1n) is 6.07. The summed E-state index contributed by atoms with van der Waals surface area (Å²) >= 11 is 1.83. The van der Waals surface area contributed by atoms with E-state index in [1.54, 1.807) is 0 Å². The van der Waals surface area contributed by atoms with E-state index in [2.05, 4.69) is 10.1 Å². The lowest BCUT2D eigenvalue weighted by molar-refractivity contribution is 0.304. The number of amidine groups is 1. The summed E-state index contributed by atoms with van der Waals surface area (Å²) in [5.41, 5.74) is 5.42. The van der Waals surface area contributed by atoms with E-state index >= 15 is 0 Å². The maximum absolute atomic E-state index is 8.67. The fourth-order valence-electron chi connectivity index (χ4n) is 1.56. The lowest BCUT2D eigenvalue weighted by Gasteiger charge is -2.22. The van der Waals surface area contributed by atoms with E-state index in [-0.39, 0.29) is 5.41 Å². The Morgan fingerprint density at radius 3 is 2.67 bits per heavy atom. The third-order valence-electron chi connectivity index (χ3n) is 2.92. The first-order valence-corrected chi connectivity index (χ1v) is 7.05. The maximum Gasteiger partial charge on any atom is 0.144 e. The van der Waals surface area contributed by atoms with Crippen molar-refractivity contribution in [3.8, 4) is 0 Å². The second kappa shape index (κ2) is 7.26. The summed E-state index contributed by atoms with van der Waals surface area (Å²) in [6.45, 7) is 4.00. The second-order valence-corrected chi connectivity index (χ2v) is 6.03. The lowest BCUT2D eigenvalue weighted by atomic mass is 9.86. The van der Waals surface area contributed by atoms with E-state index in [1.165, 1.54) is 4.90 Å². The van der Waals surface area contributed by atoms with Crippen molar-refractivity contribution in [2.75, 3.05) is 5.75 Å². The molecule has 0 aliphatic rings. The molecule has 100 valence electrons. The van der Waals surface area contributed by atoms with Gasteiger partial charge in [-0.15, -0.1) is 11.8 Å². The maximum atomic E-state index is 8.67. The molecule has 0 aliphatic carbocycles. The van der Waals surface area contributed by atoms with Crippen molar-refractivity contribution in [2.45, 2.75) is 38.0 Å². The predicted molar refractivity (Wildman–Crippen MR) is 76.0 cm³/mol. The van der Waals surface area contributed by atoms with Gasteiger partial charge in [0.1, 0.15) is 5.84 Å². The quantitative estimate of drug-likeness (QED) is 0.199. The van der Waals surface area contributed by atoms with Crippen molar-refractivity contribution in [1.29, 1.82) is 0 Å². The molecule has 18 heavy (non-hydrogen) atoms. The van der Waals surface area contributed by atoms with Crippen LogP contribution in [0.5, 0.6) is 0 Å². The molecule has 0 bridgehead atoms. The van der Waals surface area contributed by atoms with Gasteiger partial charge in [0.05, 0.1) is 0 Å². The van der Waals surface area contributed by atoms with Gasteiger partial charge in [-0.3, -0.25) is 4.98 Å². The van der Waals surface area contributed by atoms with Crippen LogP contribution in [0.2, 0.25) is 0 Å². The van der Waals surface area contributed by atoms with Gasteiger partial charge >= 0.3 is 0 Å². The van der Waals surface area contributed by atoms with Gasteiger partial charge < -0.3 is 10.9 Å². The highest BCUT2D eigenvalue weighted by Crippen LogP contribution is 2.25. The highest BCUT2D eigenvalue weighted by molar-refractivity contribution is 7.99. The van der Waals surface area contributed by atoms with Crippen LogP contribution in [0.3, 0.4) is 0 Å². The number of aromatic nitrogens is 1. The second-order valence-electron chi connectivity index (χ2n) is 4.86. The highest BCUT2D eigenvalue weighted by Gasteiger charge is 2.22.